The number of nitrogens with zero attached hydrogens (tertiary/aromatic N) is 2. The minimum Gasteiger partial charge on any atom is -0.487 e. The third-order valence-electron chi connectivity index (χ3n) is 2.61. The summed E-state index contributed by atoms with van der Waals surface area (Å²) in [6, 6.07) is 8.94. The van der Waals surface area contributed by atoms with Crippen molar-refractivity contribution < 1.29 is 9.53 Å². The molecule has 0 aliphatic heterocycles. The van der Waals surface area contributed by atoms with Crippen LogP contribution in [0, 0.1) is 0 Å². The highest BCUT2D eigenvalue weighted by Gasteiger charge is 2.18. The Morgan fingerprint density at radius 1 is 1.25 bits per heavy atom. The fraction of sp³-hybridized carbons (Fsp3) is 0.333. The molecule has 1 aromatic heterocycles. The molecule has 2 rings (SSSR count). The first-order chi connectivity index (χ1) is 9.37. The van der Waals surface area contributed by atoms with Gasteiger partial charge in [0, 0.05) is 13.1 Å². The Morgan fingerprint density at radius 2 is 1.95 bits per heavy atom. The van der Waals surface area contributed by atoms with E-state index in [-0.39, 0.29) is 11.5 Å². The molecule has 0 saturated carbocycles. The number of rotatable bonds is 3. The zero-order valence-corrected chi connectivity index (χ0v) is 12.2. The highest BCUT2D eigenvalue weighted by molar-refractivity contribution is 6.05. The van der Waals surface area contributed by atoms with Crippen LogP contribution in [0.2, 0.25) is 0 Å². The lowest BCUT2D eigenvalue weighted by atomic mass is 10.1. The van der Waals surface area contributed by atoms with E-state index in [1.807, 2.05) is 32.9 Å². The van der Waals surface area contributed by atoms with Gasteiger partial charge in [-0.25, -0.2) is 0 Å². The molecule has 0 unspecified atom stereocenters. The number of para-hydroxylation sites is 1. The van der Waals surface area contributed by atoms with Crippen LogP contribution in [0.4, 0.5) is 5.82 Å². The first kappa shape index (κ1) is 14.1. The zero-order valence-electron chi connectivity index (χ0n) is 12.2. The molecule has 1 heterocycles. The number of nitrogens with one attached hydrogen (secondary N) is 1. The number of carbonyl (C=O) groups excluding carboxylic acids is 1. The van der Waals surface area contributed by atoms with Gasteiger partial charge in [-0.3, -0.25) is 9.48 Å². The zero-order chi connectivity index (χ0) is 14.8. The van der Waals surface area contributed by atoms with Gasteiger partial charge in [-0.2, -0.15) is 5.10 Å². The normalized spacial score (nSPS) is 11.2. The molecule has 1 N–H and O–H groups in total. The lowest BCUT2D eigenvalue weighted by Crippen LogP contribution is -2.25. The molecule has 0 bridgehead atoms. The summed E-state index contributed by atoms with van der Waals surface area (Å²) in [7, 11) is 1.77. The van der Waals surface area contributed by atoms with E-state index in [0.717, 1.165) is 0 Å². The fourth-order valence-corrected chi connectivity index (χ4v) is 1.75. The van der Waals surface area contributed by atoms with E-state index in [4.69, 9.17) is 4.74 Å². The quantitative estimate of drug-likeness (QED) is 0.935. The Hall–Kier alpha value is -2.30. The summed E-state index contributed by atoms with van der Waals surface area (Å²) >= 11 is 0. The predicted octanol–water partition coefficient (Wildman–Crippen LogP) is 2.85. The summed E-state index contributed by atoms with van der Waals surface area (Å²) in [5.74, 6) is 0.994. The number of amides is 1. The predicted molar refractivity (Wildman–Crippen MR) is 78.0 cm³/mol. The van der Waals surface area contributed by atoms with E-state index in [2.05, 4.69) is 10.4 Å². The first-order valence-electron chi connectivity index (χ1n) is 6.44. The second-order valence-electron chi connectivity index (χ2n) is 5.50. The summed E-state index contributed by atoms with van der Waals surface area (Å²) in [6.45, 7) is 5.84. The first-order valence-corrected chi connectivity index (χ1v) is 6.44. The molecule has 0 fully saturated rings. The number of aryl methyl sites for hydroxylation is 1. The number of hydrogen-bond donors (Lipinski definition) is 1. The van der Waals surface area contributed by atoms with E-state index in [1.165, 1.54) is 0 Å². The Bertz CT molecular complexity index is 612. The molecule has 0 aliphatic carbocycles. The standard InChI is InChI=1S/C15H19N3O2/c1-15(2,3)20-12-8-6-5-7-11(12)14(19)17-13-9-10-16-18(13)4/h5-10H,1-4H3,(H,17,19). The average molecular weight is 273 g/mol. The maximum absolute atomic E-state index is 12.3. The molecular formula is C15H19N3O2. The monoisotopic (exact) mass is 273 g/mol. The van der Waals surface area contributed by atoms with Crippen molar-refractivity contribution in [2.75, 3.05) is 5.32 Å². The minimum absolute atomic E-state index is 0.214. The topological polar surface area (TPSA) is 56.2 Å². The molecule has 0 radical (unpaired) electrons. The lowest BCUT2D eigenvalue weighted by Gasteiger charge is -2.22. The van der Waals surface area contributed by atoms with Crippen LogP contribution in [0.3, 0.4) is 0 Å². The van der Waals surface area contributed by atoms with Gasteiger partial charge in [0.25, 0.3) is 5.91 Å². The third kappa shape index (κ3) is 3.38. The van der Waals surface area contributed by atoms with E-state index >= 15 is 0 Å². The van der Waals surface area contributed by atoms with Crippen LogP contribution in [-0.4, -0.2) is 21.3 Å². The Labute approximate surface area is 118 Å². The summed E-state index contributed by atoms with van der Waals surface area (Å²) in [6.07, 6.45) is 1.63. The van der Waals surface area contributed by atoms with Crippen molar-refractivity contribution in [1.82, 2.24) is 9.78 Å². The van der Waals surface area contributed by atoms with Crippen LogP contribution in [0.25, 0.3) is 0 Å². The highest BCUT2D eigenvalue weighted by atomic mass is 16.5. The van der Waals surface area contributed by atoms with Gasteiger partial charge in [0.05, 0.1) is 11.8 Å². The maximum atomic E-state index is 12.3. The minimum atomic E-state index is -0.358. The number of hydrogen-bond acceptors (Lipinski definition) is 3. The molecule has 5 nitrogen and oxygen atoms in total. The van der Waals surface area contributed by atoms with Gasteiger partial charge in [-0.1, -0.05) is 12.1 Å². The van der Waals surface area contributed by atoms with Crippen LogP contribution in [0.15, 0.2) is 36.5 Å². The van der Waals surface area contributed by atoms with Crippen molar-refractivity contribution in [3.05, 3.63) is 42.1 Å². The molecule has 0 spiro atoms. The Kier molecular flexibility index (Phi) is 3.79. The van der Waals surface area contributed by atoms with Gasteiger partial charge in [-0.05, 0) is 32.9 Å². The van der Waals surface area contributed by atoms with E-state index in [0.29, 0.717) is 17.1 Å². The van der Waals surface area contributed by atoms with Gasteiger partial charge < -0.3 is 10.1 Å². The average Bonchev–Trinajstić information content (AvgIpc) is 2.73. The molecule has 2 aromatic rings. The fourth-order valence-electron chi connectivity index (χ4n) is 1.75. The van der Waals surface area contributed by atoms with E-state index in [1.54, 1.807) is 36.1 Å². The SMILES string of the molecule is Cn1nccc1NC(=O)c1ccccc1OC(C)(C)C. The molecule has 5 heteroatoms. The van der Waals surface area contributed by atoms with Gasteiger partial charge in [0.2, 0.25) is 0 Å². The summed E-state index contributed by atoms with van der Waals surface area (Å²) in [5.41, 5.74) is 0.145. The summed E-state index contributed by atoms with van der Waals surface area (Å²) < 4.78 is 7.42. The Balaban J connectivity index is 2.24. The number of anilines is 1. The van der Waals surface area contributed by atoms with E-state index in [9.17, 15) is 4.79 Å². The van der Waals surface area contributed by atoms with Gasteiger partial charge in [0.1, 0.15) is 17.2 Å². The number of benzene rings is 1. The van der Waals surface area contributed by atoms with Crippen molar-refractivity contribution in [1.29, 1.82) is 0 Å². The van der Waals surface area contributed by atoms with Crippen molar-refractivity contribution in [2.24, 2.45) is 7.05 Å². The van der Waals surface area contributed by atoms with Gasteiger partial charge in [0.15, 0.2) is 0 Å². The lowest BCUT2D eigenvalue weighted by molar-refractivity contribution is 0.0998. The Morgan fingerprint density at radius 3 is 2.55 bits per heavy atom. The molecular weight excluding hydrogens is 254 g/mol. The van der Waals surface area contributed by atoms with E-state index < -0.39 is 0 Å². The molecule has 1 amide bonds. The second-order valence-corrected chi connectivity index (χ2v) is 5.50. The number of carbonyl (C=O) groups is 1. The number of ether oxygens (including phenoxy) is 1. The van der Waals surface area contributed by atoms with Gasteiger partial charge >= 0.3 is 0 Å². The molecule has 0 saturated heterocycles. The van der Waals surface area contributed by atoms with Crippen LogP contribution in [0.1, 0.15) is 31.1 Å². The number of aromatic nitrogens is 2. The molecule has 1 aromatic carbocycles. The summed E-state index contributed by atoms with van der Waals surface area (Å²) in [4.78, 5) is 12.3. The van der Waals surface area contributed by atoms with Crippen molar-refractivity contribution >= 4 is 11.7 Å². The van der Waals surface area contributed by atoms with Crippen LogP contribution in [-0.2, 0) is 7.05 Å². The maximum Gasteiger partial charge on any atom is 0.260 e. The highest BCUT2D eigenvalue weighted by Crippen LogP contribution is 2.23. The van der Waals surface area contributed by atoms with Crippen LogP contribution < -0.4 is 10.1 Å². The summed E-state index contributed by atoms with van der Waals surface area (Å²) in [5, 5.41) is 6.83. The molecule has 0 aliphatic rings. The third-order valence-corrected chi connectivity index (χ3v) is 2.61. The second kappa shape index (κ2) is 5.36. The van der Waals surface area contributed by atoms with Crippen molar-refractivity contribution in [3.8, 4) is 5.75 Å². The van der Waals surface area contributed by atoms with Gasteiger partial charge in [-0.15, -0.1) is 0 Å². The van der Waals surface area contributed by atoms with Crippen molar-refractivity contribution in [2.45, 2.75) is 26.4 Å². The van der Waals surface area contributed by atoms with Crippen LogP contribution >= 0.6 is 0 Å². The smallest absolute Gasteiger partial charge is 0.260 e. The van der Waals surface area contributed by atoms with Crippen LogP contribution in [0.5, 0.6) is 5.75 Å². The molecule has 20 heavy (non-hydrogen) atoms. The molecule has 106 valence electrons. The largest absolute Gasteiger partial charge is 0.487 e. The van der Waals surface area contributed by atoms with Crippen molar-refractivity contribution in [3.63, 3.8) is 0 Å². The molecule has 0 atom stereocenters.